The average molecular weight is 517 g/mol. The van der Waals surface area contributed by atoms with Crippen molar-refractivity contribution < 1.29 is 28.5 Å². The Morgan fingerprint density at radius 3 is 2.22 bits per heavy atom. The van der Waals surface area contributed by atoms with E-state index in [1.54, 1.807) is 12.1 Å². The Morgan fingerprint density at radius 1 is 0.944 bits per heavy atom. The topological polar surface area (TPSA) is 74.2 Å². The average Bonchev–Trinajstić information content (AvgIpc) is 2.89. The van der Waals surface area contributed by atoms with Crippen LogP contribution in [0.15, 0.2) is 54.6 Å². The number of hydrogen-bond acceptors (Lipinski definition) is 6. The van der Waals surface area contributed by atoms with Crippen molar-refractivity contribution in [1.82, 2.24) is 0 Å². The Kier molecular flexibility index (Phi) is 12.6. The summed E-state index contributed by atoms with van der Waals surface area (Å²) in [4.78, 5) is 12.9. The highest BCUT2D eigenvalue weighted by atomic mass is 28.4. The molecule has 2 aromatic carbocycles. The van der Waals surface area contributed by atoms with Crippen LogP contribution in [0.4, 0.5) is 0 Å². The quantitative estimate of drug-likeness (QED) is 0.108. The zero-order valence-corrected chi connectivity index (χ0v) is 23.6. The fourth-order valence-electron chi connectivity index (χ4n) is 4.78. The minimum absolute atomic E-state index is 0.112. The van der Waals surface area contributed by atoms with Crippen LogP contribution in [0.2, 0.25) is 18.1 Å². The van der Waals surface area contributed by atoms with Crippen molar-refractivity contribution in [2.24, 2.45) is 0 Å². The predicted molar refractivity (Wildman–Crippen MR) is 145 cm³/mol. The van der Waals surface area contributed by atoms with Crippen LogP contribution in [-0.2, 0) is 30.0 Å². The molecule has 0 aliphatic rings. The first-order chi connectivity index (χ1) is 17.4. The summed E-state index contributed by atoms with van der Waals surface area (Å²) >= 11 is 0. The Balaban J connectivity index is 2.36. The maximum atomic E-state index is 12.9. The second-order valence-electron chi connectivity index (χ2n) is 9.22. The van der Waals surface area contributed by atoms with Gasteiger partial charge in [0.25, 0.3) is 0 Å². The maximum absolute atomic E-state index is 12.9. The molecule has 200 valence electrons. The molecule has 0 heterocycles. The van der Waals surface area contributed by atoms with Gasteiger partial charge in [-0.2, -0.15) is 0 Å². The minimum Gasteiger partial charge on any atom is -0.508 e. The van der Waals surface area contributed by atoms with E-state index in [4.69, 9.17) is 18.6 Å². The van der Waals surface area contributed by atoms with Crippen molar-refractivity contribution in [2.45, 2.75) is 83.7 Å². The van der Waals surface area contributed by atoms with Crippen molar-refractivity contribution >= 4 is 14.3 Å². The lowest BCUT2D eigenvalue weighted by Crippen LogP contribution is -2.52. The number of aromatic hydroxyl groups is 1. The molecule has 0 aromatic heterocycles. The van der Waals surface area contributed by atoms with Gasteiger partial charge in [-0.3, -0.25) is 4.79 Å². The van der Waals surface area contributed by atoms with Gasteiger partial charge in [0.2, 0.25) is 0 Å². The summed E-state index contributed by atoms with van der Waals surface area (Å²) in [5.74, 6) is -0.407. The molecule has 0 spiro atoms. The molecular weight excluding hydrogens is 472 g/mol. The van der Waals surface area contributed by atoms with E-state index >= 15 is 0 Å². The fourth-order valence-corrected chi connectivity index (χ4v) is 7.93. The second-order valence-corrected chi connectivity index (χ2v) is 13.9. The smallest absolute Gasteiger partial charge is 0.308 e. The molecule has 0 saturated carbocycles. The largest absolute Gasteiger partial charge is 0.508 e. The van der Waals surface area contributed by atoms with Gasteiger partial charge < -0.3 is 23.7 Å². The zero-order chi connectivity index (χ0) is 26.4. The van der Waals surface area contributed by atoms with Gasteiger partial charge in [-0.25, -0.2) is 0 Å². The zero-order valence-electron chi connectivity index (χ0n) is 22.6. The van der Waals surface area contributed by atoms with Crippen LogP contribution in [0.1, 0.15) is 64.5 Å². The predicted octanol–water partition coefficient (Wildman–Crippen LogP) is 6.79. The van der Waals surface area contributed by atoms with Crippen LogP contribution in [0.5, 0.6) is 5.75 Å². The number of carbonyl (C=O) groups is 1. The van der Waals surface area contributed by atoms with Gasteiger partial charge in [-0.1, -0.05) is 70.2 Å². The van der Waals surface area contributed by atoms with E-state index in [2.05, 4.69) is 27.7 Å². The fraction of sp³-hybridized carbons (Fsp3) is 0.552. The molecule has 0 aliphatic heterocycles. The monoisotopic (exact) mass is 516 g/mol. The number of hydrogen-bond donors (Lipinski definition) is 1. The van der Waals surface area contributed by atoms with E-state index in [-0.39, 0.29) is 37.5 Å². The van der Waals surface area contributed by atoms with Crippen LogP contribution in [0.3, 0.4) is 0 Å². The number of esters is 1. The summed E-state index contributed by atoms with van der Waals surface area (Å²) in [5.41, 5.74) is 1.12. The van der Waals surface area contributed by atoms with Gasteiger partial charge in [0.15, 0.2) is 8.32 Å². The van der Waals surface area contributed by atoms with Crippen molar-refractivity contribution in [3.63, 3.8) is 0 Å². The summed E-state index contributed by atoms with van der Waals surface area (Å²) in [6.45, 7) is 11.6. The number of rotatable bonds is 17. The lowest BCUT2D eigenvalue weighted by atomic mass is 9.78. The van der Waals surface area contributed by atoms with Crippen LogP contribution in [0, 0.1) is 0 Å². The molecule has 0 amide bonds. The van der Waals surface area contributed by atoms with Gasteiger partial charge in [0, 0.05) is 5.92 Å². The van der Waals surface area contributed by atoms with E-state index in [0.717, 1.165) is 29.3 Å². The van der Waals surface area contributed by atoms with Gasteiger partial charge in [0.1, 0.15) is 12.5 Å². The molecule has 2 aromatic rings. The van der Waals surface area contributed by atoms with Gasteiger partial charge >= 0.3 is 5.97 Å². The molecule has 7 heteroatoms. The summed E-state index contributed by atoms with van der Waals surface area (Å²) < 4.78 is 24.4. The maximum Gasteiger partial charge on any atom is 0.308 e. The standard InChI is InChI=1S/C29H44O6Si/c1-6-29(20-28(31)34-7-2,35-36(8-3,9-4)10-5)27(25-17-14-18-26(30)19-25)22-33-23-32-21-24-15-12-11-13-16-24/h11-19,27,30H,6-10,20-23H2,1-5H3/t27-,29-/m1/s1. The van der Waals surface area contributed by atoms with Crippen molar-refractivity contribution in [1.29, 1.82) is 0 Å². The molecule has 2 atom stereocenters. The van der Waals surface area contributed by atoms with E-state index in [0.29, 0.717) is 19.6 Å². The number of phenols is 1. The molecule has 1 N–H and O–H groups in total. The van der Waals surface area contributed by atoms with Gasteiger partial charge in [-0.05, 0) is 54.7 Å². The molecule has 36 heavy (non-hydrogen) atoms. The summed E-state index contributed by atoms with van der Waals surface area (Å²) in [6.07, 6.45) is 0.732. The van der Waals surface area contributed by atoms with E-state index in [9.17, 15) is 9.90 Å². The first-order valence-corrected chi connectivity index (χ1v) is 15.7. The molecule has 0 bridgehead atoms. The third kappa shape index (κ3) is 8.44. The van der Waals surface area contributed by atoms with Crippen molar-refractivity contribution in [2.75, 3.05) is 20.0 Å². The Labute approximate surface area is 218 Å². The first kappa shape index (κ1) is 30.0. The normalized spacial score (nSPS) is 14.2. The van der Waals surface area contributed by atoms with Crippen LogP contribution >= 0.6 is 0 Å². The van der Waals surface area contributed by atoms with E-state index in [1.165, 1.54) is 0 Å². The number of carbonyl (C=O) groups excluding carboxylic acids is 1. The first-order valence-electron chi connectivity index (χ1n) is 13.2. The minimum atomic E-state index is -2.13. The number of ether oxygens (including phenoxy) is 3. The Hall–Kier alpha value is -2.19. The van der Waals surface area contributed by atoms with Crippen LogP contribution in [-0.4, -0.2) is 45.0 Å². The SMILES string of the molecule is CCOC(=O)C[C@@](CC)(O[Si](CC)(CC)CC)[C@H](COCOCc1ccccc1)c1cccc(O)c1. The lowest BCUT2D eigenvalue weighted by molar-refractivity contribution is -0.150. The summed E-state index contributed by atoms with van der Waals surface area (Å²) in [7, 11) is -2.13. The molecular formula is C29H44O6Si. The Morgan fingerprint density at radius 2 is 1.64 bits per heavy atom. The van der Waals surface area contributed by atoms with Gasteiger partial charge in [-0.15, -0.1) is 0 Å². The molecule has 0 unspecified atom stereocenters. The highest BCUT2D eigenvalue weighted by Gasteiger charge is 2.47. The number of phenolic OH excluding ortho intramolecular Hbond substituents is 1. The third-order valence-corrected chi connectivity index (χ3v) is 11.9. The third-order valence-electron chi connectivity index (χ3n) is 7.17. The van der Waals surface area contributed by atoms with Crippen LogP contribution in [0.25, 0.3) is 0 Å². The van der Waals surface area contributed by atoms with Crippen molar-refractivity contribution in [3.8, 4) is 5.75 Å². The highest BCUT2D eigenvalue weighted by Crippen LogP contribution is 2.43. The Bertz CT molecular complexity index is 893. The second kappa shape index (κ2) is 15.1. The molecule has 0 radical (unpaired) electrons. The molecule has 2 rings (SSSR count). The van der Waals surface area contributed by atoms with E-state index < -0.39 is 13.9 Å². The number of benzene rings is 2. The molecule has 6 nitrogen and oxygen atoms in total. The van der Waals surface area contributed by atoms with E-state index in [1.807, 2.05) is 49.4 Å². The van der Waals surface area contributed by atoms with Gasteiger partial charge in [0.05, 0.1) is 31.8 Å². The lowest BCUT2D eigenvalue weighted by Gasteiger charge is -2.46. The molecule has 0 aliphatic carbocycles. The summed E-state index contributed by atoms with van der Waals surface area (Å²) in [6, 6.07) is 20.0. The molecule has 0 fully saturated rings. The van der Waals surface area contributed by atoms with Crippen LogP contribution < -0.4 is 0 Å². The molecule has 0 saturated heterocycles. The summed E-state index contributed by atoms with van der Waals surface area (Å²) in [5, 5.41) is 10.3. The van der Waals surface area contributed by atoms with Crippen molar-refractivity contribution in [3.05, 3.63) is 65.7 Å². The highest BCUT2D eigenvalue weighted by molar-refractivity contribution is 6.73.